The van der Waals surface area contributed by atoms with E-state index < -0.39 is 0 Å². The van der Waals surface area contributed by atoms with Crippen molar-refractivity contribution in [1.82, 2.24) is 19.7 Å². The van der Waals surface area contributed by atoms with Gasteiger partial charge < -0.3 is 5.73 Å². The van der Waals surface area contributed by atoms with Crippen LogP contribution in [0.3, 0.4) is 0 Å². The minimum Gasteiger partial charge on any atom is -0.382 e. The summed E-state index contributed by atoms with van der Waals surface area (Å²) in [4.78, 5) is 8.57. The Kier molecular flexibility index (Phi) is 1.87. The van der Waals surface area contributed by atoms with E-state index in [0.29, 0.717) is 11.3 Å². The molecule has 2 heterocycles. The molecule has 2 aromatic rings. The maximum absolute atomic E-state index is 5.79. The first kappa shape index (κ1) is 8.93. The molecule has 0 saturated heterocycles. The van der Waals surface area contributed by atoms with Gasteiger partial charge >= 0.3 is 0 Å². The van der Waals surface area contributed by atoms with Crippen LogP contribution in [0, 0.1) is 6.92 Å². The lowest BCUT2D eigenvalue weighted by molar-refractivity contribution is 0.750. The van der Waals surface area contributed by atoms with E-state index in [4.69, 9.17) is 5.73 Å². The van der Waals surface area contributed by atoms with E-state index >= 15 is 0 Å². The first-order valence-electron chi connectivity index (χ1n) is 4.59. The van der Waals surface area contributed by atoms with Crippen LogP contribution in [0.5, 0.6) is 0 Å². The molecule has 0 aliphatic carbocycles. The normalized spacial score (nSPS) is 11.1. The van der Waals surface area contributed by atoms with E-state index in [0.717, 1.165) is 23.5 Å². The molecule has 74 valence electrons. The molecule has 2 aromatic heterocycles. The van der Waals surface area contributed by atoms with Gasteiger partial charge in [-0.25, -0.2) is 9.97 Å². The highest BCUT2D eigenvalue weighted by Crippen LogP contribution is 2.19. The van der Waals surface area contributed by atoms with Crippen molar-refractivity contribution >= 4 is 16.9 Å². The molecule has 0 bridgehead atoms. The van der Waals surface area contributed by atoms with E-state index in [-0.39, 0.29) is 0 Å². The largest absolute Gasteiger partial charge is 0.382 e. The van der Waals surface area contributed by atoms with Gasteiger partial charge in [-0.1, -0.05) is 6.92 Å². The number of nitrogens with two attached hydrogens (primary N) is 1. The zero-order valence-electron chi connectivity index (χ0n) is 8.57. The molecule has 0 atom stereocenters. The Morgan fingerprint density at radius 2 is 2.00 bits per heavy atom. The molecule has 0 unspecified atom stereocenters. The van der Waals surface area contributed by atoms with Gasteiger partial charge in [-0.15, -0.1) is 0 Å². The molecule has 0 aliphatic heterocycles. The van der Waals surface area contributed by atoms with Crippen LogP contribution in [-0.4, -0.2) is 19.7 Å². The summed E-state index contributed by atoms with van der Waals surface area (Å²) in [6.45, 7) is 3.98. The summed E-state index contributed by atoms with van der Waals surface area (Å²) in [5.74, 6) is 1.24. The highest BCUT2D eigenvalue weighted by atomic mass is 15.3. The van der Waals surface area contributed by atoms with Crippen LogP contribution in [0.15, 0.2) is 0 Å². The van der Waals surface area contributed by atoms with E-state index in [9.17, 15) is 0 Å². The van der Waals surface area contributed by atoms with Gasteiger partial charge in [0.25, 0.3) is 0 Å². The molecule has 14 heavy (non-hydrogen) atoms. The summed E-state index contributed by atoms with van der Waals surface area (Å²) >= 11 is 0. The number of nitrogens with zero attached hydrogens (tertiary/aromatic N) is 4. The number of anilines is 1. The molecule has 0 spiro atoms. The van der Waals surface area contributed by atoms with Crippen molar-refractivity contribution in [3.8, 4) is 0 Å². The van der Waals surface area contributed by atoms with E-state index in [1.165, 1.54) is 0 Å². The standard InChI is InChI=1S/C9H13N5/c1-4-6-11-7-5(2)14(3)13-8(7)9(10)12-6/h4H2,1-3H3,(H2,10,11,12). The zero-order valence-corrected chi connectivity index (χ0v) is 8.57. The Balaban J connectivity index is 2.83. The van der Waals surface area contributed by atoms with Crippen molar-refractivity contribution in [2.75, 3.05) is 5.73 Å². The van der Waals surface area contributed by atoms with Crippen molar-refractivity contribution in [2.45, 2.75) is 20.3 Å². The molecular weight excluding hydrogens is 178 g/mol. The molecule has 0 aliphatic rings. The second-order valence-electron chi connectivity index (χ2n) is 3.28. The third kappa shape index (κ3) is 1.13. The van der Waals surface area contributed by atoms with Gasteiger partial charge in [0.2, 0.25) is 0 Å². The molecule has 2 N–H and O–H groups in total. The number of rotatable bonds is 1. The van der Waals surface area contributed by atoms with Crippen LogP contribution in [0.1, 0.15) is 18.4 Å². The molecule has 0 saturated carbocycles. The van der Waals surface area contributed by atoms with Gasteiger partial charge in [0.05, 0.1) is 5.69 Å². The van der Waals surface area contributed by atoms with Crippen molar-refractivity contribution in [1.29, 1.82) is 0 Å². The van der Waals surface area contributed by atoms with Crippen LogP contribution >= 0.6 is 0 Å². The predicted octanol–water partition coefficient (Wildman–Crippen LogP) is 0.816. The monoisotopic (exact) mass is 191 g/mol. The van der Waals surface area contributed by atoms with Crippen LogP contribution in [0.25, 0.3) is 11.0 Å². The van der Waals surface area contributed by atoms with Gasteiger partial charge in [0.1, 0.15) is 11.3 Å². The number of aryl methyl sites for hydroxylation is 3. The first-order valence-corrected chi connectivity index (χ1v) is 4.59. The summed E-state index contributed by atoms with van der Waals surface area (Å²) in [6.07, 6.45) is 0.786. The van der Waals surface area contributed by atoms with E-state index in [2.05, 4.69) is 15.1 Å². The summed E-state index contributed by atoms with van der Waals surface area (Å²) in [5.41, 5.74) is 8.36. The second kappa shape index (κ2) is 2.94. The highest BCUT2D eigenvalue weighted by molar-refractivity contribution is 5.85. The molecule has 0 amide bonds. The predicted molar refractivity (Wildman–Crippen MR) is 54.8 cm³/mol. The third-order valence-corrected chi connectivity index (χ3v) is 2.35. The highest BCUT2D eigenvalue weighted by Gasteiger charge is 2.11. The molecule has 5 nitrogen and oxygen atoms in total. The summed E-state index contributed by atoms with van der Waals surface area (Å²) in [7, 11) is 1.88. The van der Waals surface area contributed by atoms with Crippen molar-refractivity contribution < 1.29 is 0 Å². The quantitative estimate of drug-likeness (QED) is 0.724. The molecule has 2 rings (SSSR count). The van der Waals surface area contributed by atoms with Crippen molar-refractivity contribution in [3.63, 3.8) is 0 Å². The molecule has 0 fully saturated rings. The Morgan fingerprint density at radius 3 is 2.64 bits per heavy atom. The average Bonchev–Trinajstić information content (AvgIpc) is 2.45. The number of aromatic nitrogens is 4. The Bertz CT molecular complexity index is 485. The lowest BCUT2D eigenvalue weighted by Crippen LogP contribution is -1.99. The maximum Gasteiger partial charge on any atom is 0.155 e. The fraction of sp³-hybridized carbons (Fsp3) is 0.444. The minimum absolute atomic E-state index is 0.468. The van der Waals surface area contributed by atoms with Crippen LogP contribution < -0.4 is 5.73 Å². The second-order valence-corrected chi connectivity index (χ2v) is 3.28. The fourth-order valence-corrected chi connectivity index (χ4v) is 1.41. The summed E-state index contributed by atoms with van der Waals surface area (Å²) in [5, 5.41) is 4.25. The van der Waals surface area contributed by atoms with Crippen LogP contribution in [0.4, 0.5) is 5.82 Å². The lowest BCUT2D eigenvalue weighted by Gasteiger charge is -1.98. The van der Waals surface area contributed by atoms with Gasteiger partial charge in [-0.05, 0) is 6.92 Å². The Hall–Kier alpha value is -1.65. The number of nitrogen functional groups attached to an aromatic ring is 1. The number of hydrogen-bond acceptors (Lipinski definition) is 4. The van der Waals surface area contributed by atoms with Crippen LogP contribution in [0.2, 0.25) is 0 Å². The van der Waals surface area contributed by atoms with E-state index in [1.807, 2.05) is 20.9 Å². The minimum atomic E-state index is 0.468. The van der Waals surface area contributed by atoms with E-state index in [1.54, 1.807) is 4.68 Å². The fourth-order valence-electron chi connectivity index (χ4n) is 1.41. The lowest BCUT2D eigenvalue weighted by atomic mass is 10.3. The van der Waals surface area contributed by atoms with Crippen LogP contribution in [-0.2, 0) is 13.5 Å². The molecule has 5 heteroatoms. The third-order valence-electron chi connectivity index (χ3n) is 2.35. The number of hydrogen-bond donors (Lipinski definition) is 1. The zero-order chi connectivity index (χ0) is 10.3. The van der Waals surface area contributed by atoms with Gasteiger partial charge in [-0.2, -0.15) is 5.10 Å². The number of fused-ring (bicyclic) bond motifs is 1. The van der Waals surface area contributed by atoms with Gasteiger partial charge in [-0.3, -0.25) is 4.68 Å². The van der Waals surface area contributed by atoms with Gasteiger partial charge in [0, 0.05) is 13.5 Å². The smallest absolute Gasteiger partial charge is 0.155 e. The SMILES string of the molecule is CCc1nc(N)c2nn(C)c(C)c2n1. The average molecular weight is 191 g/mol. The first-order chi connectivity index (χ1) is 6.63. The van der Waals surface area contributed by atoms with Crippen molar-refractivity contribution in [2.24, 2.45) is 7.05 Å². The Labute approximate surface area is 82.0 Å². The maximum atomic E-state index is 5.79. The molecule has 0 aromatic carbocycles. The van der Waals surface area contributed by atoms with Gasteiger partial charge in [0.15, 0.2) is 11.3 Å². The Morgan fingerprint density at radius 1 is 1.29 bits per heavy atom. The molecular formula is C9H13N5. The summed E-state index contributed by atoms with van der Waals surface area (Å²) in [6, 6.07) is 0. The summed E-state index contributed by atoms with van der Waals surface area (Å²) < 4.78 is 1.77. The molecule has 0 radical (unpaired) electrons. The topological polar surface area (TPSA) is 69.6 Å². The van der Waals surface area contributed by atoms with Crippen molar-refractivity contribution in [3.05, 3.63) is 11.5 Å².